The molecule has 2 N–H and O–H groups in total. The van der Waals surface area contributed by atoms with Crippen LogP contribution in [-0.2, 0) is 0 Å². The van der Waals surface area contributed by atoms with Crippen LogP contribution in [0.25, 0.3) is 0 Å². The number of hydrogen-bond donors (Lipinski definition) is 1. The maximum Gasteiger partial charge on any atom is 0.246 e. The van der Waals surface area contributed by atoms with Gasteiger partial charge in [0.2, 0.25) is 6.43 Å². The average Bonchev–Trinajstić information content (AvgIpc) is 2.13. The molecule has 1 atom stereocenters. The Labute approximate surface area is 84.7 Å². The Morgan fingerprint density at radius 2 is 2.00 bits per heavy atom. The molecule has 14 heavy (non-hydrogen) atoms. The Kier molecular flexibility index (Phi) is 3.77. The summed E-state index contributed by atoms with van der Waals surface area (Å²) >= 11 is 5.55. The second-order valence-corrected chi connectivity index (χ2v) is 3.20. The summed E-state index contributed by atoms with van der Waals surface area (Å²) in [6, 6.07) is 3.81. The minimum Gasteiger partial charge on any atom is -0.330 e. The van der Waals surface area contributed by atoms with Gasteiger partial charge in [0.1, 0.15) is 5.82 Å². The van der Waals surface area contributed by atoms with Gasteiger partial charge in [-0.1, -0.05) is 23.7 Å². The molecule has 0 spiro atoms. The number of hydrogen-bond acceptors (Lipinski definition) is 1. The molecule has 0 aromatic heterocycles. The van der Waals surface area contributed by atoms with Crippen molar-refractivity contribution in [2.75, 3.05) is 6.54 Å². The topological polar surface area (TPSA) is 26.0 Å². The number of alkyl halides is 2. The maximum atomic E-state index is 12.9. The lowest BCUT2D eigenvalue weighted by Gasteiger charge is -2.15. The predicted octanol–water partition coefficient (Wildman–Crippen LogP) is 2.79. The van der Waals surface area contributed by atoms with Gasteiger partial charge in [0.15, 0.2) is 0 Å². The minimum atomic E-state index is -2.64. The van der Waals surface area contributed by atoms with Crippen molar-refractivity contribution in [1.29, 1.82) is 0 Å². The van der Waals surface area contributed by atoms with E-state index in [1.54, 1.807) is 0 Å². The van der Waals surface area contributed by atoms with Crippen molar-refractivity contribution >= 4 is 11.6 Å². The van der Waals surface area contributed by atoms with Crippen molar-refractivity contribution in [3.8, 4) is 0 Å². The quantitative estimate of drug-likeness (QED) is 0.838. The van der Waals surface area contributed by atoms with Gasteiger partial charge in [0.05, 0.1) is 10.9 Å². The Hall–Kier alpha value is -0.740. The predicted molar refractivity (Wildman–Crippen MR) is 49.2 cm³/mol. The van der Waals surface area contributed by atoms with E-state index < -0.39 is 18.2 Å². The molecule has 0 bridgehead atoms. The normalized spacial score (nSPS) is 13.3. The highest BCUT2D eigenvalue weighted by Crippen LogP contribution is 2.30. The highest BCUT2D eigenvalue weighted by Gasteiger charge is 2.24. The lowest BCUT2D eigenvalue weighted by molar-refractivity contribution is 0.117. The van der Waals surface area contributed by atoms with Gasteiger partial charge < -0.3 is 5.73 Å². The van der Waals surface area contributed by atoms with Crippen LogP contribution in [0, 0.1) is 5.82 Å². The van der Waals surface area contributed by atoms with Crippen LogP contribution in [0.4, 0.5) is 13.2 Å². The smallest absolute Gasteiger partial charge is 0.246 e. The molecule has 5 heteroatoms. The third-order valence-corrected chi connectivity index (χ3v) is 2.34. The molecule has 0 aliphatic carbocycles. The molecule has 1 unspecified atom stereocenters. The highest BCUT2D eigenvalue weighted by molar-refractivity contribution is 6.31. The Balaban J connectivity index is 3.10. The minimum absolute atomic E-state index is 0.0594. The summed E-state index contributed by atoms with van der Waals surface area (Å²) in [5.41, 5.74) is 5.22. The van der Waals surface area contributed by atoms with Crippen molar-refractivity contribution < 1.29 is 13.2 Å². The molecule has 0 aliphatic rings. The zero-order valence-electron chi connectivity index (χ0n) is 7.18. The molecule has 0 amide bonds. The highest BCUT2D eigenvalue weighted by atomic mass is 35.5. The largest absolute Gasteiger partial charge is 0.330 e. The van der Waals surface area contributed by atoms with E-state index >= 15 is 0 Å². The molecular weight excluding hydrogens is 215 g/mol. The van der Waals surface area contributed by atoms with Crippen LogP contribution >= 0.6 is 11.6 Å². The van der Waals surface area contributed by atoms with E-state index in [2.05, 4.69) is 0 Å². The monoisotopic (exact) mass is 223 g/mol. The molecule has 0 aliphatic heterocycles. The van der Waals surface area contributed by atoms with Crippen LogP contribution in [0.3, 0.4) is 0 Å². The number of rotatable bonds is 3. The summed E-state index contributed by atoms with van der Waals surface area (Å²) in [4.78, 5) is 0. The van der Waals surface area contributed by atoms with Gasteiger partial charge in [-0.2, -0.15) is 0 Å². The molecular formula is C9H9ClF3N. The molecule has 1 rings (SSSR count). The molecule has 78 valence electrons. The first-order valence-corrected chi connectivity index (χ1v) is 4.37. The van der Waals surface area contributed by atoms with E-state index in [9.17, 15) is 13.2 Å². The third kappa shape index (κ3) is 2.19. The second-order valence-electron chi connectivity index (χ2n) is 2.82. The molecule has 0 heterocycles. The fourth-order valence-corrected chi connectivity index (χ4v) is 1.44. The van der Waals surface area contributed by atoms with Gasteiger partial charge >= 0.3 is 0 Å². The number of nitrogens with two attached hydrogens (primary N) is 1. The van der Waals surface area contributed by atoms with E-state index in [1.165, 1.54) is 12.1 Å². The van der Waals surface area contributed by atoms with Crippen LogP contribution in [0.1, 0.15) is 11.5 Å². The lowest BCUT2D eigenvalue weighted by atomic mass is 10.00. The summed E-state index contributed by atoms with van der Waals surface area (Å²) in [7, 11) is 0. The molecule has 0 saturated heterocycles. The molecule has 1 nitrogen and oxygen atoms in total. The molecule has 0 fully saturated rings. The molecule has 1 aromatic carbocycles. The molecule has 0 saturated carbocycles. The fraction of sp³-hybridized carbons (Fsp3) is 0.333. The van der Waals surface area contributed by atoms with Crippen LogP contribution in [0.5, 0.6) is 0 Å². The van der Waals surface area contributed by atoms with Crippen LogP contribution in [-0.4, -0.2) is 13.0 Å². The van der Waals surface area contributed by atoms with Crippen LogP contribution in [0.15, 0.2) is 18.2 Å². The van der Waals surface area contributed by atoms with Gasteiger partial charge in [-0.25, -0.2) is 13.2 Å². The summed E-state index contributed by atoms with van der Waals surface area (Å²) < 4.78 is 37.8. The van der Waals surface area contributed by atoms with Crippen molar-refractivity contribution in [3.05, 3.63) is 34.6 Å². The van der Waals surface area contributed by atoms with Gasteiger partial charge in [0.25, 0.3) is 0 Å². The van der Waals surface area contributed by atoms with Crippen LogP contribution in [0.2, 0.25) is 5.02 Å². The van der Waals surface area contributed by atoms with Crippen molar-refractivity contribution in [3.63, 3.8) is 0 Å². The first-order valence-electron chi connectivity index (χ1n) is 4.00. The first kappa shape index (κ1) is 11.3. The number of halogens is 4. The second kappa shape index (κ2) is 4.66. The Bertz CT molecular complexity index is 317. The fourth-order valence-electron chi connectivity index (χ4n) is 1.17. The zero-order valence-corrected chi connectivity index (χ0v) is 7.94. The van der Waals surface area contributed by atoms with Crippen molar-refractivity contribution in [2.45, 2.75) is 12.3 Å². The van der Waals surface area contributed by atoms with E-state index in [0.29, 0.717) is 0 Å². The van der Waals surface area contributed by atoms with Crippen molar-refractivity contribution in [2.24, 2.45) is 5.73 Å². The maximum absolute atomic E-state index is 12.9. The Morgan fingerprint density at radius 1 is 1.36 bits per heavy atom. The first-order chi connectivity index (χ1) is 6.57. The van der Waals surface area contributed by atoms with E-state index in [0.717, 1.165) is 6.07 Å². The van der Waals surface area contributed by atoms with Crippen molar-refractivity contribution in [1.82, 2.24) is 0 Å². The van der Waals surface area contributed by atoms with Gasteiger partial charge in [0, 0.05) is 6.54 Å². The van der Waals surface area contributed by atoms with Gasteiger partial charge in [-0.3, -0.25) is 0 Å². The SMILES string of the molecule is NCC(c1cccc(F)c1Cl)C(F)F. The van der Waals surface area contributed by atoms with E-state index in [1.807, 2.05) is 0 Å². The zero-order chi connectivity index (χ0) is 10.7. The lowest BCUT2D eigenvalue weighted by Crippen LogP contribution is -2.20. The van der Waals surface area contributed by atoms with E-state index in [-0.39, 0.29) is 17.1 Å². The summed E-state index contributed by atoms with van der Waals surface area (Å²) in [5.74, 6) is -1.92. The van der Waals surface area contributed by atoms with Gasteiger partial charge in [-0.05, 0) is 11.6 Å². The standard InChI is InChI=1S/C9H9ClF3N/c10-8-5(2-1-3-7(8)11)6(4-14)9(12)13/h1-3,6,9H,4,14H2. The Morgan fingerprint density at radius 3 is 2.50 bits per heavy atom. The van der Waals surface area contributed by atoms with Crippen LogP contribution < -0.4 is 5.73 Å². The number of benzene rings is 1. The van der Waals surface area contributed by atoms with Gasteiger partial charge in [-0.15, -0.1) is 0 Å². The third-order valence-electron chi connectivity index (χ3n) is 1.94. The summed E-state index contributed by atoms with van der Waals surface area (Å²) in [5, 5.41) is -0.275. The summed E-state index contributed by atoms with van der Waals surface area (Å²) in [6.07, 6.45) is -2.64. The van der Waals surface area contributed by atoms with E-state index in [4.69, 9.17) is 17.3 Å². The molecule has 0 radical (unpaired) electrons. The average molecular weight is 224 g/mol. The molecule has 1 aromatic rings. The summed E-state index contributed by atoms with van der Waals surface area (Å²) in [6.45, 7) is -0.263.